The van der Waals surface area contributed by atoms with E-state index < -0.39 is 24.1 Å². The van der Waals surface area contributed by atoms with Crippen LogP contribution in [0.3, 0.4) is 0 Å². The summed E-state index contributed by atoms with van der Waals surface area (Å²) >= 11 is 0. The SMILES string of the molecule is C=C1C(=O)OC2CC(COC(=O)C(C)C)=C(C(C)CCCOC(C)=O)C(O)C12. The number of aliphatic hydroxyl groups is 1. The van der Waals surface area contributed by atoms with Gasteiger partial charge in [0, 0.05) is 18.9 Å². The summed E-state index contributed by atoms with van der Waals surface area (Å²) in [6, 6.07) is 0. The minimum atomic E-state index is -0.922. The topological polar surface area (TPSA) is 99.1 Å². The van der Waals surface area contributed by atoms with Crippen LogP contribution in [0.25, 0.3) is 0 Å². The Hall–Kier alpha value is -2.15. The average molecular weight is 394 g/mol. The first-order chi connectivity index (χ1) is 13.1. The smallest absolute Gasteiger partial charge is 0.334 e. The molecule has 0 radical (unpaired) electrons. The summed E-state index contributed by atoms with van der Waals surface area (Å²) in [7, 11) is 0. The van der Waals surface area contributed by atoms with Crippen molar-refractivity contribution in [2.45, 2.75) is 59.2 Å². The van der Waals surface area contributed by atoms with Crippen molar-refractivity contribution in [2.24, 2.45) is 17.8 Å². The van der Waals surface area contributed by atoms with Crippen LogP contribution in [0.5, 0.6) is 0 Å². The predicted molar refractivity (Wildman–Crippen MR) is 101 cm³/mol. The summed E-state index contributed by atoms with van der Waals surface area (Å²) in [4.78, 5) is 34.7. The van der Waals surface area contributed by atoms with E-state index >= 15 is 0 Å². The highest BCUT2D eigenvalue weighted by atomic mass is 16.6. The summed E-state index contributed by atoms with van der Waals surface area (Å²) in [5, 5.41) is 11.0. The predicted octanol–water partition coefficient (Wildman–Crippen LogP) is 2.32. The Labute approximate surface area is 165 Å². The lowest BCUT2D eigenvalue weighted by Crippen LogP contribution is -2.39. The molecule has 0 spiro atoms. The van der Waals surface area contributed by atoms with Crippen LogP contribution in [0.1, 0.15) is 47.0 Å². The summed E-state index contributed by atoms with van der Waals surface area (Å²) < 4.78 is 15.7. The number of fused-ring (bicyclic) bond motifs is 1. The fraction of sp³-hybridized carbons (Fsp3) is 0.667. The number of hydrogen-bond donors (Lipinski definition) is 1. The molecule has 0 amide bonds. The van der Waals surface area contributed by atoms with Gasteiger partial charge in [0.15, 0.2) is 0 Å². The van der Waals surface area contributed by atoms with E-state index in [1.807, 2.05) is 6.92 Å². The van der Waals surface area contributed by atoms with Crippen molar-refractivity contribution in [2.75, 3.05) is 13.2 Å². The lowest BCUT2D eigenvalue weighted by molar-refractivity contribution is -0.147. The van der Waals surface area contributed by atoms with Crippen LogP contribution < -0.4 is 0 Å². The van der Waals surface area contributed by atoms with Crippen molar-refractivity contribution >= 4 is 17.9 Å². The molecule has 28 heavy (non-hydrogen) atoms. The molecule has 4 atom stereocenters. The van der Waals surface area contributed by atoms with Crippen LogP contribution in [0.4, 0.5) is 0 Å². The van der Waals surface area contributed by atoms with Gasteiger partial charge in [0.2, 0.25) is 0 Å². The van der Waals surface area contributed by atoms with Crippen LogP contribution in [0.15, 0.2) is 23.3 Å². The van der Waals surface area contributed by atoms with Crippen molar-refractivity contribution in [3.63, 3.8) is 0 Å². The van der Waals surface area contributed by atoms with E-state index in [0.717, 1.165) is 11.1 Å². The van der Waals surface area contributed by atoms with Gasteiger partial charge in [-0.3, -0.25) is 9.59 Å². The first-order valence-corrected chi connectivity index (χ1v) is 9.73. The van der Waals surface area contributed by atoms with E-state index in [-0.39, 0.29) is 36.0 Å². The Kier molecular flexibility index (Phi) is 7.41. The van der Waals surface area contributed by atoms with Gasteiger partial charge in [-0.2, -0.15) is 0 Å². The summed E-state index contributed by atoms with van der Waals surface area (Å²) in [6.45, 7) is 11.0. The second-order valence-corrected chi connectivity index (χ2v) is 7.85. The molecule has 156 valence electrons. The Morgan fingerprint density at radius 2 is 1.96 bits per heavy atom. The second-order valence-electron chi connectivity index (χ2n) is 7.85. The quantitative estimate of drug-likeness (QED) is 0.222. The van der Waals surface area contributed by atoms with Crippen LogP contribution in [0.2, 0.25) is 0 Å². The van der Waals surface area contributed by atoms with Crippen molar-refractivity contribution in [1.82, 2.24) is 0 Å². The van der Waals surface area contributed by atoms with Crippen molar-refractivity contribution in [1.29, 1.82) is 0 Å². The zero-order chi connectivity index (χ0) is 21.0. The normalized spacial score (nSPS) is 25.4. The largest absolute Gasteiger partial charge is 0.466 e. The molecule has 2 aliphatic rings. The minimum absolute atomic E-state index is 0.0391. The zero-order valence-electron chi connectivity index (χ0n) is 17.0. The van der Waals surface area contributed by atoms with Gasteiger partial charge in [0.05, 0.1) is 24.5 Å². The van der Waals surface area contributed by atoms with E-state index in [4.69, 9.17) is 14.2 Å². The van der Waals surface area contributed by atoms with Gasteiger partial charge in [-0.25, -0.2) is 4.79 Å². The maximum Gasteiger partial charge on any atom is 0.334 e. The van der Waals surface area contributed by atoms with Crippen LogP contribution in [-0.2, 0) is 28.6 Å². The molecule has 1 saturated heterocycles. The molecule has 4 unspecified atom stereocenters. The maximum atomic E-state index is 11.9. The Balaban J connectivity index is 2.19. The molecule has 1 fully saturated rings. The first kappa shape index (κ1) is 22.1. The number of carbonyl (C=O) groups is 3. The van der Waals surface area contributed by atoms with Crippen molar-refractivity contribution in [3.05, 3.63) is 23.3 Å². The van der Waals surface area contributed by atoms with Crippen molar-refractivity contribution in [3.8, 4) is 0 Å². The summed E-state index contributed by atoms with van der Waals surface area (Å²) in [5.74, 6) is -1.91. The molecular formula is C21H30O7. The van der Waals surface area contributed by atoms with E-state index in [1.54, 1.807) is 13.8 Å². The van der Waals surface area contributed by atoms with Gasteiger partial charge >= 0.3 is 17.9 Å². The monoisotopic (exact) mass is 394 g/mol. The van der Waals surface area contributed by atoms with Gasteiger partial charge in [-0.15, -0.1) is 0 Å². The molecule has 0 aromatic heterocycles. The van der Waals surface area contributed by atoms with Crippen molar-refractivity contribution < 1.29 is 33.7 Å². The highest BCUT2D eigenvalue weighted by molar-refractivity contribution is 5.91. The molecule has 7 nitrogen and oxygen atoms in total. The summed E-state index contributed by atoms with van der Waals surface area (Å²) in [6.07, 6.45) is 0.316. The molecule has 1 N–H and O–H groups in total. The molecule has 2 rings (SSSR count). The van der Waals surface area contributed by atoms with Gasteiger partial charge in [-0.05, 0) is 29.9 Å². The van der Waals surface area contributed by atoms with Crippen LogP contribution in [0, 0.1) is 17.8 Å². The number of rotatable bonds is 8. The molecule has 0 aromatic rings. The number of aliphatic hydroxyl groups excluding tert-OH is 1. The maximum absolute atomic E-state index is 11.9. The molecule has 0 aromatic carbocycles. The van der Waals surface area contributed by atoms with Gasteiger partial charge in [0.1, 0.15) is 12.7 Å². The number of esters is 3. The minimum Gasteiger partial charge on any atom is -0.466 e. The average Bonchev–Trinajstić information content (AvgIpc) is 2.90. The highest BCUT2D eigenvalue weighted by Gasteiger charge is 2.48. The molecule has 0 saturated carbocycles. The lowest BCUT2D eigenvalue weighted by Gasteiger charge is -2.36. The Morgan fingerprint density at radius 1 is 1.29 bits per heavy atom. The van der Waals surface area contributed by atoms with E-state index in [0.29, 0.717) is 25.9 Å². The fourth-order valence-electron chi connectivity index (χ4n) is 3.84. The second kappa shape index (κ2) is 9.37. The zero-order valence-corrected chi connectivity index (χ0v) is 17.0. The Morgan fingerprint density at radius 3 is 2.57 bits per heavy atom. The third-order valence-corrected chi connectivity index (χ3v) is 5.32. The molecule has 1 aliphatic carbocycles. The standard InChI is InChI=1S/C21H30O7/c1-11(2)20(24)27-10-15-9-16-18(13(4)21(25)28-16)19(23)17(15)12(3)7-6-8-26-14(5)22/h11-12,16,18-19,23H,4,6-10H2,1-3,5H3. The number of carbonyl (C=O) groups excluding carboxylic acids is 3. The Bertz CT molecular complexity index is 676. The number of ether oxygens (including phenoxy) is 3. The molecular weight excluding hydrogens is 364 g/mol. The summed E-state index contributed by atoms with van der Waals surface area (Å²) in [5.41, 5.74) is 1.82. The molecule has 0 bridgehead atoms. The third-order valence-electron chi connectivity index (χ3n) is 5.32. The molecule has 1 aliphatic heterocycles. The van der Waals surface area contributed by atoms with Crippen LogP contribution in [-0.4, -0.2) is 48.4 Å². The van der Waals surface area contributed by atoms with E-state index in [9.17, 15) is 19.5 Å². The highest BCUT2D eigenvalue weighted by Crippen LogP contribution is 2.43. The first-order valence-electron chi connectivity index (χ1n) is 9.73. The van der Waals surface area contributed by atoms with Crippen LogP contribution >= 0.6 is 0 Å². The van der Waals surface area contributed by atoms with E-state index in [2.05, 4.69) is 6.58 Å². The molecule has 1 heterocycles. The third kappa shape index (κ3) is 5.01. The molecule has 7 heteroatoms. The van der Waals surface area contributed by atoms with Gasteiger partial charge in [0.25, 0.3) is 0 Å². The van der Waals surface area contributed by atoms with Gasteiger partial charge < -0.3 is 19.3 Å². The van der Waals surface area contributed by atoms with E-state index in [1.165, 1.54) is 6.92 Å². The lowest BCUT2D eigenvalue weighted by atomic mass is 9.73. The van der Waals surface area contributed by atoms with Gasteiger partial charge in [-0.1, -0.05) is 27.4 Å². The fourth-order valence-corrected chi connectivity index (χ4v) is 3.84. The number of hydrogen-bond acceptors (Lipinski definition) is 7.